The highest BCUT2D eigenvalue weighted by Crippen LogP contribution is 2.26. The summed E-state index contributed by atoms with van der Waals surface area (Å²) in [5, 5.41) is 0. The molecule has 1 aromatic carbocycles. The van der Waals surface area contributed by atoms with E-state index in [2.05, 4.69) is 4.74 Å². The fraction of sp³-hybridized carbons (Fsp3) is 0.462. The first-order valence-corrected chi connectivity index (χ1v) is 5.31. The predicted octanol–water partition coefficient (Wildman–Crippen LogP) is 3.59. The molecule has 0 aliphatic heterocycles. The van der Waals surface area contributed by atoms with Gasteiger partial charge in [0.25, 0.3) is 0 Å². The Balaban J connectivity index is 3.07. The van der Waals surface area contributed by atoms with Crippen LogP contribution in [-0.2, 0) is 0 Å². The number of carbonyl (C=O) groups excluding carboxylic acids is 1. The highest BCUT2D eigenvalue weighted by molar-refractivity contribution is 5.96. The van der Waals surface area contributed by atoms with Gasteiger partial charge < -0.3 is 4.74 Å². The maximum absolute atomic E-state index is 13.2. The minimum atomic E-state index is -1.07. The zero-order valence-electron chi connectivity index (χ0n) is 10.4. The SMILES string of the molecule is COc1cc(C(=O)CC(C)(C)C)cc(F)c1F. The Hall–Kier alpha value is -1.45. The van der Waals surface area contributed by atoms with Gasteiger partial charge in [-0.25, -0.2) is 4.39 Å². The van der Waals surface area contributed by atoms with Crippen LogP contribution in [0.4, 0.5) is 8.78 Å². The van der Waals surface area contributed by atoms with E-state index in [1.54, 1.807) is 0 Å². The van der Waals surface area contributed by atoms with Crippen LogP contribution in [0.5, 0.6) is 5.75 Å². The lowest BCUT2D eigenvalue weighted by Gasteiger charge is -2.17. The Morgan fingerprint density at radius 3 is 2.35 bits per heavy atom. The van der Waals surface area contributed by atoms with E-state index in [9.17, 15) is 13.6 Å². The summed E-state index contributed by atoms with van der Waals surface area (Å²) >= 11 is 0. The van der Waals surface area contributed by atoms with Crippen LogP contribution < -0.4 is 4.74 Å². The van der Waals surface area contributed by atoms with Gasteiger partial charge in [-0.3, -0.25) is 4.79 Å². The third-order valence-corrected chi connectivity index (χ3v) is 2.23. The molecule has 0 aromatic heterocycles. The topological polar surface area (TPSA) is 26.3 Å². The van der Waals surface area contributed by atoms with E-state index in [1.165, 1.54) is 13.2 Å². The molecule has 4 heteroatoms. The standard InChI is InChI=1S/C13H16F2O2/c1-13(2,3)7-10(16)8-5-9(14)12(15)11(6-8)17-4/h5-6H,7H2,1-4H3. The number of hydrogen-bond acceptors (Lipinski definition) is 2. The fourth-order valence-electron chi connectivity index (χ4n) is 1.46. The van der Waals surface area contributed by atoms with E-state index < -0.39 is 11.6 Å². The van der Waals surface area contributed by atoms with Gasteiger partial charge in [-0.15, -0.1) is 0 Å². The molecule has 0 N–H and O–H groups in total. The molecule has 94 valence electrons. The van der Waals surface area contributed by atoms with Crippen molar-refractivity contribution in [1.82, 2.24) is 0 Å². The van der Waals surface area contributed by atoms with Gasteiger partial charge in [-0.2, -0.15) is 4.39 Å². The van der Waals surface area contributed by atoms with E-state index in [-0.39, 0.29) is 28.9 Å². The molecule has 0 amide bonds. The Labute approximate surface area is 99.6 Å². The molecule has 0 radical (unpaired) electrons. The first-order valence-electron chi connectivity index (χ1n) is 5.31. The molecule has 2 nitrogen and oxygen atoms in total. The van der Waals surface area contributed by atoms with Gasteiger partial charge in [0.2, 0.25) is 5.82 Å². The van der Waals surface area contributed by atoms with Gasteiger partial charge >= 0.3 is 0 Å². The maximum Gasteiger partial charge on any atom is 0.200 e. The molecule has 0 atom stereocenters. The summed E-state index contributed by atoms with van der Waals surface area (Å²) in [5.41, 5.74) is -0.0643. The van der Waals surface area contributed by atoms with Gasteiger partial charge in [0, 0.05) is 12.0 Å². The quantitative estimate of drug-likeness (QED) is 0.757. The van der Waals surface area contributed by atoms with Crippen molar-refractivity contribution in [3.05, 3.63) is 29.3 Å². The second-order valence-corrected chi connectivity index (χ2v) is 5.13. The number of halogens is 2. The zero-order valence-corrected chi connectivity index (χ0v) is 10.4. The van der Waals surface area contributed by atoms with Crippen LogP contribution in [0.3, 0.4) is 0 Å². The lowest BCUT2D eigenvalue weighted by atomic mass is 9.88. The number of rotatable bonds is 3. The summed E-state index contributed by atoms with van der Waals surface area (Å²) in [6.07, 6.45) is 0.265. The van der Waals surface area contributed by atoms with E-state index in [0.29, 0.717) is 0 Å². The highest BCUT2D eigenvalue weighted by atomic mass is 19.2. The highest BCUT2D eigenvalue weighted by Gasteiger charge is 2.20. The van der Waals surface area contributed by atoms with Crippen molar-refractivity contribution in [2.75, 3.05) is 7.11 Å². The van der Waals surface area contributed by atoms with Gasteiger partial charge in [-0.05, 0) is 17.5 Å². The van der Waals surface area contributed by atoms with Crippen LogP contribution in [0.2, 0.25) is 0 Å². The molecule has 17 heavy (non-hydrogen) atoms. The van der Waals surface area contributed by atoms with Crippen molar-refractivity contribution in [3.63, 3.8) is 0 Å². The van der Waals surface area contributed by atoms with Crippen LogP contribution in [0.15, 0.2) is 12.1 Å². The van der Waals surface area contributed by atoms with Gasteiger partial charge in [0.1, 0.15) is 0 Å². The van der Waals surface area contributed by atoms with Crippen molar-refractivity contribution in [2.24, 2.45) is 5.41 Å². The Morgan fingerprint density at radius 2 is 1.88 bits per heavy atom. The van der Waals surface area contributed by atoms with Crippen molar-refractivity contribution in [1.29, 1.82) is 0 Å². The third kappa shape index (κ3) is 3.51. The number of methoxy groups -OCH3 is 1. The third-order valence-electron chi connectivity index (χ3n) is 2.23. The number of ether oxygens (including phenoxy) is 1. The van der Waals surface area contributed by atoms with Crippen molar-refractivity contribution in [3.8, 4) is 5.75 Å². The average molecular weight is 242 g/mol. The maximum atomic E-state index is 13.2. The molecule has 0 heterocycles. The number of Topliss-reactive ketones (excluding diaryl/α,β-unsaturated/α-hetero) is 1. The van der Waals surface area contributed by atoms with Crippen LogP contribution in [-0.4, -0.2) is 12.9 Å². The molecule has 1 aromatic rings. The van der Waals surface area contributed by atoms with Crippen LogP contribution in [0.1, 0.15) is 37.6 Å². The molecule has 1 rings (SSSR count). The smallest absolute Gasteiger partial charge is 0.200 e. The van der Waals surface area contributed by atoms with Crippen LogP contribution in [0.25, 0.3) is 0 Å². The van der Waals surface area contributed by atoms with Gasteiger partial charge in [-0.1, -0.05) is 20.8 Å². The summed E-state index contributed by atoms with van der Waals surface area (Å²) in [4.78, 5) is 11.8. The van der Waals surface area contributed by atoms with Gasteiger partial charge in [0.15, 0.2) is 17.3 Å². The molecule has 0 bridgehead atoms. The minimum absolute atomic E-state index is 0.135. The molecule has 0 fully saturated rings. The molecular formula is C13H16F2O2. The van der Waals surface area contributed by atoms with E-state index in [4.69, 9.17) is 0 Å². The van der Waals surface area contributed by atoms with Crippen molar-refractivity contribution >= 4 is 5.78 Å². The lowest BCUT2D eigenvalue weighted by Crippen LogP contribution is -2.13. The fourth-order valence-corrected chi connectivity index (χ4v) is 1.46. The zero-order chi connectivity index (χ0) is 13.2. The summed E-state index contributed by atoms with van der Waals surface area (Å²) in [6.45, 7) is 5.71. The second kappa shape index (κ2) is 4.82. The van der Waals surface area contributed by atoms with Crippen LogP contribution in [0, 0.1) is 17.0 Å². The van der Waals surface area contributed by atoms with Crippen molar-refractivity contribution in [2.45, 2.75) is 27.2 Å². The molecule has 0 aliphatic carbocycles. The largest absolute Gasteiger partial charge is 0.494 e. The number of hydrogen-bond donors (Lipinski definition) is 0. The number of ketones is 1. The predicted molar refractivity (Wildman–Crippen MR) is 61.3 cm³/mol. The summed E-state index contributed by atoms with van der Waals surface area (Å²) in [5.74, 6) is -2.61. The first-order chi connectivity index (χ1) is 7.74. The van der Waals surface area contributed by atoms with Gasteiger partial charge in [0.05, 0.1) is 7.11 Å². The first kappa shape index (κ1) is 13.6. The summed E-state index contributed by atoms with van der Waals surface area (Å²) in [6, 6.07) is 2.14. The van der Waals surface area contributed by atoms with E-state index in [1.807, 2.05) is 20.8 Å². The molecule has 0 unspecified atom stereocenters. The molecule has 0 saturated carbocycles. The molecular weight excluding hydrogens is 226 g/mol. The van der Waals surface area contributed by atoms with Crippen LogP contribution >= 0.6 is 0 Å². The summed E-state index contributed by atoms with van der Waals surface area (Å²) < 4.78 is 31.1. The Bertz CT molecular complexity index is 434. The Kier molecular flexibility index (Phi) is 3.86. The monoisotopic (exact) mass is 242 g/mol. The second-order valence-electron chi connectivity index (χ2n) is 5.13. The number of carbonyl (C=O) groups is 1. The normalized spacial score (nSPS) is 11.4. The Morgan fingerprint density at radius 1 is 1.29 bits per heavy atom. The molecule has 0 saturated heterocycles. The van der Waals surface area contributed by atoms with E-state index >= 15 is 0 Å². The average Bonchev–Trinajstić information content (AvgIpc) is 2.19. The van der Waals surface area contributed by atoms with Crippen molar-refractivity contribution < 1.29 is 18.3 Å². The molecule has 0 aliphatic rings. The molecule has 0 spiro atoms. The minimum Gasteiger partial charge on any atom is -0.494 e. The number of benzene rings is 1. The van der Waals surface area contributed by atoms with E-state index in [0.717, 1.165) is 6.07 Å². The summed E-state index contributed by atoms with van der Waals surface area (Å²) in [7, 11) is 1.23. The lowest BCUT2D eigenvalue weighted by molar-refractivity contribution is 0.0939.